The lowest BCUT2D eigenvalue weighted by molar-refractivity contribution is 0.443. The van der Waals surface area contributed by atoms with Crippen LogP contribution in [0.2, 0.25) is 0 Å². The Morgan fingerprint density at radius 2 is 1.55 bits per heavy atom. The second kappa shape index (κ2) is 3.39. The van der Waals surface area contributed by atoms with Crippen molar-refractivity contribution in [2.45, 2.75) is 6.92 Å². The van der Waals surface area contributed by atoms with Crippen LogP contribution in [-0.4, -0.2) is 0 Å². The summed E-state index contributed by atoms with van der Waals surface area (Å²) in [5.74, 6) is -3.66. The summed E-state index contributed by atoms with van der Waals surface area (Å²) in [7, 11) is 0. The van der Waals surface area contributed by atoms with Crippen molar-refractivity contribution in [3.05, 3.63) is 35.1 Å². The summed E-state index contributed by atoms with van der Waals surface area (Å²) in [4.78, 5) is 0. The SMILES string of the molecule is Cc1ccc(F)c(F)c1F.N. The van der Waals surface area contributed by atoms with Gasteiger partial charge in [0.05, 0.1) is 0 Å². The number of benzene rings is 1. The van der Waals surface area contributed by atoms with Crippen molar-refractivity contribution in [1.29, 1.82) is 0 Å². The van der Waals surface area contributed by atoms with Crippen LogP contribution in [0.15, 0.2) is 12.1 Å². The van der Waals surface area contributed by atoms with E-state index in [1.807, 2.05) is 0 Å². The first kappa shape index (κ1) is 9.97. The first-order chi connectivity index (χ1) is 4.63. The van der Waals surface area contributed by atoms with Crippen molar-refractivity contribution in [3.8, 4) is 0 Å². The van der Waals surface area contributed by atoms with Crippen LogP contribution in [0.3, 0.4) is 0 Å². The third kappa shape index (κ3) is 1.71. The molecule has 0 aliphatic rings. The van der Waals surface area contributed by atoms with E-state index in [0.29, 0.717) is 0 Å². The molecule has 1 aromatic carbocycles. The van der Waals surface area contributed by atoms with Crippen LogP contribution in [-0.2, 0) is 0 Å². The third-order valence-electron chi connectivity index (χ3n) is 1.23. The van der Waals surface area contributed by atoms with Crippen LogP contribution in [0.25, 0.3) is 0 Å². The molecule has 1 rings (SSSR count). The van der Waals surface area contributed by atoms with Crippen LogP contribution in [0, 0.1) is 24.4 Å². The predicted octanol–water partition coefficient (Wildman–Crippen LogP) is 2.57. The van der Waals surface area contributed by atoms with Gasteiger partial charge in [-0.1, -0.05) is 6.07 Å². The molecule has 0 heterocycles. The largest absolute Gasteiger partial charge is 0.344 e. The van der Waals surface area contributed by atoms with Gasteiger partial charge in [0, 0.05) is 0 Å². The van der Waals surface area contributed by atoms with Crippen LogP contribution in [0.5, 0.6) is 0 Å². The van der Waals surface area contributed by atoms with E-state index in [0.717, 1.165) is 6.07 Å². The van der Waals surface area contributed by atoms with E-state index in [1.54, 1.807) is 0 Å². The lowest BCUT2D eigenvalue weighted by Crippen LogP contribution is -1.92. The summed E-state index contributed by atoms with van der Waals surface area (Å²) >= 11 is 0. The van der Waals surface area contributed by atoms with Crippen molar-refractivity contribution < 1.29 is 13.2 Å². The molecule has 0 saturated carbocycles. The molecule has 4 heteroatoms. The Morgan fingerprint density at radius 1 is 1.00 bits per heavy atom. The second-order valence-corrected chi connectivity index (χ2v) is 1.99. The minimum Gasteiger partial charge on any atom is -0.344 e. The predicted molar refractivity (Wildman–Crippen MR) is 36.1 cm³/mol. The van der Waals surface area contributed by atoms with Gasteiger partial charge in [0.15, 0.2) is 17.5 Å². The number of rotatable bonds is 0. The molecule has 62 valence electrons. The van der Waals surface area contributed by atoms with Crippen LogP contribution >= 0.6 is 0 Å². The Labute approximate surface area is 62.4 Å². The molecule has 0 amide bonds. The quantitative estimate of drug-likeness (QED) is 0.586. The van der Waals surface area contributed by atoms with E-state index in [9.17, 15) is 13.2 Å². The molecule has 0 aromatic heterocycles. The lowest BCUT2D eigenvalue weighted by atomic mass is 10.2. The number of hydrogen-bond donors (Lipinski definition) is 1. The Kier molecular flexibility index (Phi) is 3.07. The maximum atomic E-state index is 12.4. The van der Waals surface area contributed by atoms with Crippen molar-refractivity contribution >= 4 is 0 Å². The molecule has 0 saturated heterocycles. The first-order valence-corrected chi connectivity index (χ1v) is 2.73. The normalized spacial score (nSPS) is 9.09. The molecular formula is C7H8F3N. The molecule has 0 aliphatic carbocycles. The average molecular weight is 163 g/mol. The van der Waals surface area contributed by atoms with Gasteiger partial charge in [-0.3, -0.25) is 0 Å². The van der Waals surface area contributed by atoms with Gasteiger partial charge in [0.25, 0.3) is 0 Å². The zero-order chi connectivity index (χ0) is 7.72. The monoisotopic (exact) mass is 163 g/mol. The van der Waals surface area contributed by atoms with Gasteiger partial charge in [0.2, 0.25) is 0 Å². The van der Waals surface area contributed by atoms with Gasteiger partial charge >= 0.3 is 0 Å². The number of halogens is 3. The Bertz CT molecular complexity index is 233. The van der Waals surface area contributed by atoms with E-state index in [4.69, 9.17) is 0 Å². The summed E-state index contributed by atoms with van der Waals surface area (Å²) in [6.07, 6.45) is 0. The molecule has 0 aliphatic heterocycles. The molecule has 0 fully saturated rings. The zero-order valence-electron chi connectivity index (χ0n) is 6.00. The maximum absolute atomic E-state index is 12.4. The van der Waals surface area contributed by atoms with E-state index in [2.05, 4.69) is 0 Å². The number of hydrogen-bond acceptors (Lipinski definition) is 1. The summed E-state index contributed by atoms with van der Waals surface area (Å²) in [5.41, 5.74) is 0.110. The second-order valence-electron chi connectivity index (χ2n) is 1.99. The lowest BCUT2D eigenvalue weighted by Gasteiger charge is -1.96. The van der Waals surface area contributed by atoms with E-state index in [-0.39, 0.29) is 11.7 Å². The molecular weight excluding hydrogens is 155 g/mol. The highest BCUT2D eigenvalue weighted by atomic mass is 19.2. The highest BCUT2D eigenvalue weighted by molar-refractivity contribution is 5.18. The summed E-state index contributed by atoms with van der Waals surface area (Å²) in [5, 5.41) is 0. The Morgan fingerprint density at radius 3 is 2.00 bits per heavy atom. The highest BCUT2D eigenvalue weighted by Crippen LogP contribution is 2.13. The molecule has 0 unspecified atom stereocenters. The summed E-state index contributed by atoms with van der Waals surface area (Å²) < 4.78 is 36.8. The molecule has 0 bridgehead atoms. The molecule has 11 heavy (non-hydrogen) atoms. The van der Waals surface area contributed by atoms with E-state index < -0.39 is 17.5 Å². The fourth-order valence-electron chi connectivity index (χ4n) is 0.622. The standard InChI is InChI=1S/C7H5F3.H3N/c1-4-2-3-5(8)7(10)6(4)9;/h2-3H,1H3;1H3. The van der Waals surface area contributed by atoms with E-state index >= 15 is 0 Å². The molecule has 0 radical (unpaired) electrons. The smallest absolute Gasteiger partial charge is 0.194 e. The van der Waals surface area contributed by atoms with Crippen LogP contribution < -0.4 is 6.15 Å². The van der Waals surface area contributed by atoms with Gasteiger partial charge in [-0.15, -0.1) is 0 Å². The molecule has 0 atom stereocenters. The van der Waals surface area contributed by atoms with Gasteiger partial charge in [0.1, 0.15) is 0 Å². The van der Waals surface area contributed by atoms with Gasteiger partial charge in [-0.05, 0) is 18.6 Å². The van der Waals surface area contributed by atoms with Crippen molar-refractivity contribution in [3.63, 3.8) is 0 Å². The Hall–Kier alpha value is -1.03. The van der Waals surface area contributed by atoms with Crippen LogP contribution in [0.1, 0.15) is 5.56 Å². The van der Waals surface area contributed by atoms with Crippen molar-refractivity contribution in [2.24, 2.45) is 0 Å². The maximum Gasteiger partial charge on any atom is 0.194 e. The topological polar surface area (TPSA) is 35.0 Å². The highest BCUT2D eigenvalue weighted by Gasteiger charge is 2.09. The van der Waals surface area contributed by atoms with Crippen molar-refractivity contribution in [1.82, 2.24) is 6.15 Å². The van der Waals surface area contributed by atoms with Gasteiger partial charge in [-0.2, -0.15) is 0 Å². The average Bonchev–Trinajstić information content (AvgIpc) is 1.93. The minimum absolute atomic E-state index is 0. The van der Waals surface area contributed by atoms with E-state index in [1.165, 1.54) is 13.0 Å². The van der Waals surface area contributed by atoms with Crippen LogP contribution in [0.4, 0.5) is 13.2 Å². The van der Waals surface area contributed by atoms with Crippen molar-refractivity contribution in [2.75, 3.05) is 0 Å². The fraction of sp³-hybridized carbons (Fsp3) is 0.143. The summed E-state index contributed by atoms with van der Waals surface area (Å²) in [6.45, 7) is 1.37. The fourth-order valence-corrected chi connectivity index (χ4v) is 0.622. The third-order valence-corrected chi connectivity index (χ3v) is 1.23. The molecule has 3 N–H and O–H groups in total. The Balaban J connectivity index is 0.000001000. The molecule has 1 nitrogen and oxygen atoms in total. The molecule has 0 spiro atoms. The van der Waals surface area contributed by atoms with Gasteiger partial charge in [-0.25, -0.2) is 13.2 Å². The zero-order valence-corrected chi connectivity index (χ0v) is 6.00. The summed E-state index contributed by atoms with van der Waals surface area (Å²) in [6, 6.07) is 2.08. The molecule has 1 aromatic rings. The van der Waals surface area contributed by atoms with Gasteiger partial charge < -0.3 is 6.15 Å². The minimum atomic E-state index is -1.40. The number of aryl methyl sites for hydroxylation is 1. The first-order valence-electron chi connectivity index (χ1n) is 2.73.